The second-order valence-electron chi connectivity index (χ2n) is 4.26. The zero-order chi connectivity index (χ0) is 14.8. The quantitative estimate of drug-likeness (QED) is 0.834. The van der Waals surface area contributed by atoms with Gasteiger partial charge in [-0.1, -0.05) is 25.4 Å². The van der Waals surface area contributed by atoms with Gasteiger partial charge in [-0.3, -0.25) is 4.79 Å². The van der Waals surface area contributed by atoms with Gasteiger partial charge in [0.1, 0.15) is 6.04 Å². The van der Waals surface area contributed by atoms with E-state index >= 15 is 0 Å². The summed E-state index contributed by atoms with van der Waals surface area (Å²) in [4.78, 5) is 10.9. The highest BCUT2D eigenvalue weighted by Gasteiger charge is 2.28. The third-order valence-corrected chi connectivity index (χ3v) is 5.09. The van der Waals surface area contributed by atoms with Crippen LogP contribution >= 0.6 is 27.5 Å². The molecule has 0 heterocycles. The van der Waals surface area contributed by atoms with Gasteiger partial charge in [-0.05, 0) is 40.0 Å². The normalized spacial score (nSPS) is 13.5. The average Bonchev–Trinajstić information content (AvgIpc) is 2.28. The molecular formula is C11H13BrClNO4S. The molecule has 0 saturated carbocycles. The van der Waals surface area contributed by atoms with Crippen molar-refractivity contribution in [3.63, 3.8) is 0 Å². The van der Waals surface area contributed by atoms with E-state index in [-0.39, 0.29) is 15.8 Å². The lowest BCUT2D eigenvalue weighted by Gasteiger charge is -2.18. The third-order valence-electron chi connectivity index (χ3n) is 2.42. The lowest BCUT2D eigenvalue weighted by Crippen LogP contribution is -2.44. The molecule has 0 aromatic heterocycles. The van der Waals surface area contributed by atoms with Crippen LogP contribution in [0.3, 0.4) is 0 Å². The van der Waals surface area contributed by atoms with Gasteiger partial charge in [0.25, 0.3) is 0 Å². The highest BCUT2D eigenvalue weighted by Crippen LogP contribution is 2.25. The molecule has 0 aliphatic heterocycles. The molecule has 0 amide bonds. The molecule has 1 aromatic carbocycles. The van der Waals surface area contributed by atoms with Crippen LogP contribution in [0.25, 0.3) is 0 Å². The Labute approximate surface area is 125 Å². The summed E-state index contributed by atoms with van der Waals surface area (Å²) in [6.07, 6.45) is 0. The summed E-state index contributed by atoms with van der Waals surface area (Å²) in [5, 5.41) is 9.23. The number of rotatable bonds is 5. The number of sulfonamides is 1. The summed E-state index contributed by atoms with van der Waals surface area (Å²) < 4.78 is 26.8. The number of carboxylic acids is 1. The molecule has 1 unspecified atom stereocenters. The summed E-state index contributed by atoms with van der Waals surface area (Å²) in [5.41, 5.74) is 0. The molecular weight excluding hydrogens is 358 g/mol. The Morgan fingerprint density at radius 3 is 2.42 bits per heavy atom. The molecule has 0 radical (unpaired) electrons. The summed E-state index contributed by atoms with van der Waals surface area (Å²) in [6.45, 7) is 3.24. The molecule has 106 valence electrons. The first kappa shape index (κ1) is 16.4. The fourth-order valence-corrected chi connectivity index (χ4v) is 3.21. The number of halogens is 2. The topological polar surface area (TPSA) is 83.5 Å². The minimum absolute atomic E-state index is 0.0763. The Morgan fingerprint density at radius 2 is 2.00 bits per heavy atom. The van der Waals surface area contributed by atoms with E-state index in [2.05, 4.69) is 20.7 Å². The number of benzene rings is 1. The van der Waals surface area contributed by atoms with Crippen LogP contribution < -0.4 is 4.72 Å². The zero-order valence-electron chi connectivity index (χ0n) is 10.2. The van der Waals surface area contributed by atoms with E-state index in [9.17, 15) is 13.2 Å². The minimum atomic E-state index is -3.92. The van der Waals surface area contributed by atoms with E-state index in [4.69, 9.17) is 16.7 Å². The van der Waals surface area contributed by atoms with Crippen molar-refractivity contribution in [1.29, 1.82) is 0 Å². The van der Waals surface area contributed by atoms with Gasteiger partial charge in [0.2, 0.25) is 10.0 Å². The van der Waals surface area contributed by atoms with Crippen LogP contribution in [0.2, 0.25) is 5.02 Å². The summed E-state index contributed by atoms with van der Waals surface area (Å²) in [6, 6.07) is 2.90. The molecule has 5 nitrogen and oxygen atoms in total. The second kappa shape index (κ2) is 6.21. The SMILES string of the molecule is CC(C)C(NS(=O)(=O)c1ccc(Br)c(Cl)c1)C(=O)O. The van der Waals surface area contributed by atoms with Crippen LogP contribution in [0.15, 0.2) is 27.6 Å². The first-order valence-electron chi connectivity index (χ1n) is 5.35. The van der Waals surface area contributed by atoms with Gasteiger partial charge in [-0.15, -0.1) is 0 Å². The maximum Gasteiger partial charge on any atom is 0.322 e. The van der Waals surface area contributed by atoms with Gasteiger partial charge in [0.05, 0.1) is 9.92 Å². The number of hydrogen-bond donors (Lipinski definition) is 2. The zero-order valence-corrected chi connectivity index (χ0v) is 13.4. The van der Waals surface area contributed by atoms with Crippen molar-refractivity contribution in [2.45, 2.75) is 24.8 Å². The highest BCUT2D eigenvalue weighted by molar-refractivity contribution is 9.10. The number of hydrogen-bond acceptors (Lipinski definition) is 3. The Balaban J connectivity index is 3.10. The van der Waals surface area contributed by atoms with Gasteiger partial charge in [0.15, 0.2) is 0 Å². The lowest BCUT2D eigenvalue weighted by molar-refractivity contribution is -0.140. The molecule has 2 N–H and O–H groups in total. The van der Waals surface area contributed by atoms with E-state index in [1.54, 1.807) is 13.8 Å². The maximum absolute atomic E-state index is 12.1. The molecule has 8 heteroatoms. The Morgan fingerprint density at radius 1 is 1.42 bits per heavy atom. The van der Waals surface area contributed by atoms with E-state index in [0.29, 0.717) is 4.47 Å². The largest absolute Gasteiger partial charge is 0.480 e. The number of carbonyl (C=O) groups is 1. The van der Waals surface area contributed by atoms with Gasteiger partial charge in [-0.25, -0.2) is 8.42 Å². The summed E-state index contributed by atoms with van der Waals surface area (Å²) in [5.74, 6) is -1.60. The van der Waals surface area contributed by atoms with Crippen LogP contribution in [-0.2, 0) is 14.8 Å². The molecule has 0 aliphatic carbocycles. The lowest BCUT2D eigenvalue weighted by atomic mass is 10.1. The smallest absolute Gasteiger partial charge is 0.322 e. The fraction of sp³-hybridized carbons (Fsp3) is 0.364. The molecule has 0 bridgehead atoms. The van der Waals surface area contributed by atoms with Gasteiger partial charge in [-0.2, -0.15) is 4.72 Å². The van der Waals surface area contributed by atoms with Crippen molar-refractivity contribution in [2.75, 3.05) is 0 Å². The molecule has 1 atom stereocenters. The fourth-order valence-electron chi connectivity index (χ4n) is 1.35. The van der Waals surface area contributed by atoms with Crippen LogP contribution in [-0.4, -0.2) is 25.5 Å². The standard InChI is InChI=1S/C11H13BrClNO4S/c1-6(2)10(11(15)16)14-19(17,18)7-3-4-8(12)9(13)5-7/h3-6,10,14H,1-2H3,(H,15,16). The molecule has 0 aliphatic rings. The molecule has 1 rings (SSSR count). The average molecular weight is 371 g/mol. The molecule has 0 spiro atoms. The molecule has 0 fully saturated rings. The first-order valence-corrected chi connectivity index (χ1v) is 8.00. The van der Waals surface area contributed by atoms with Crippen molar-refractivity contribution in [2.24, 2.45) is 5.92 Å². The van der Waals surface area contributed by atoms with Crippen molar-refractivity contribution < 1.29 is 18.3 Å². The molecule has 0 saturated heterocycles. The number of aliphatic carboxylic acids is 1. The van der Waals surface area contributed by atoms with E-state index in [0.717, 1.165) is 0 Å². The number of carboxylic acid groups (broad SMARTS) is 1. The van der Waals surface area contributed by atoms with E-state index in [1.165, 1.54) is 18.2 Å². The van der Waals surface area contributed by atoms with E-state index < -0.39 is 22.0 Å². The van der Waals surface area contributed by atoms with Crippen molar-refractivity contribution in [3.8, 4) is 0 Å². The Kier molecular flexibility index (Phi) is 5.37. The number of nitrogens with one attached hydrogen (secondary N) is 1. The van der Waals surface area contributed by atoms with Crippen molar-refractivity contribution in [3.05, 3.63) is 27.7 Å². The highest BCUT2D eigenvalue weighted by atomic mass is 79.9. The van der Waals surface area contributed by atoms with Crippen molar-refractivity contribution >= 4 is 43.5 Å². The van der Waals surface area contributed by atoms with Gasteiger partial charge < -0.3 is 5.11 Å². The van der Waals surface area contributed by atoms with Crippen LogP contribution in [0.5, 0.6) is 0 Å². The van der Waals surface area contributed by atoms with Crippen LogP contribution in [0.1, 0.15) is 13.8 Å². The predicted octanol–water partition coefficient (Wildman–Crippen LogP) is 2.49. The molecule has 1 aromatic rings. The monoisotopic (exact) mass is 369 g/mol. The summed E-state index contributed by atoms with van der Waals surface area (Å²) in [7, 11) is -3.92. The van der Waals surface area contributed by atoms with Crippen LogP contribution in [0, 0.1) is 5.92 Å². The van der Waals surface area contributed by atoms with E-state index in [1.807, 2.05) is 0 Å². The Hall–Kier alpha value is -0.630. The minimum Gasteiger partial charge on any atom is -0.480 e. The van der Waals surface area contributed by atoms with Gasteiger partial charge in [0, 0.05) is 4.47 Å². The Bertz CT molecular complexity index is 588. The molecule has 19 heavy (non-hydrogen) atoms. The first-order chi connectivity index (χ1) is 8.65. The summed E-state index contributed by atoms with van der Waals surface area (Å²) >= 11 is 8.98. The van der Waals surface area contributed by atoms with Gasteiger partial charge >= 0.3 is 5.97 Å². The third kappa shape index (κ3) is 4.17. The predicted molar refractivity (Wildman–Crippen MR) is 75.7 cm³/mol. The maximum atomic E-state index is 12.1. The second-order valence-corrected chi connectivity index (χ2v) is 7.23. The van der Waals surface area contributed by atoms with Crippen molar-refractivity contribution in [1.82, 2.24) is 4.72 Å². The van der Waals surface area contributed by atoms with Crippen LogP contribution in [0.4, 0.5) is 0 Å².